The smallest absolute Gasteiger partial charge is 0.135 e. The van der Waals surface area contributed by atoms with Gasteiger partial charge in [0.1, 0.15) is 23.1 Å². The number of ether oxygens (including phenoxy) is 3. The van der Waals surface area contributed by atoms with Gasteiger partial charge in [-0.2, -0.15) is 5.10 Å². The Hall–Kier alpha value is -2.24. The fourth-order valence-electron chi connectivity index (χ4n) is 1.94. The summed E-state index contributed by atoms with van der Waals surface area (Å²) in [6.45, 7) is 0. The minimum Gasteiger partial charge on any atom is -0.496 e. The van der Waals surface area contributed by atoms with E-state index in [4.69, 9.17) is 19.9 Å². The zero-order valence-corrected chi connectivity index (χ0v) is 11.3. The molecule has 0 bridgehead atoms. The average molecular weight is 263 g/mol. The zero-order valence-electron chi connectivity index (χ0n) is 11.3. The van der Waals surface area contributed by atoms with Crippen molar-refractivity contribution in [3.63, 3.8) is 0 Å². The minimum absolute atomic E-state index is 0.537. The number of amidine groups is 1. The molecular formula is C13H17N3O3. The summed E-state index contributed by atoms with van der Waals surface area (Å²) >= 11 is 0. The second-order valence-corrected chi connectivity index (χ2v) is 4.04. The zero-order chi connectivity index (χ0) is 13.8. The molecule has 0 spiro atoms. The van der Waals surface area contributed by atoms with Crippen LogP contribution in [0.15, 0.2) is 22.3 Å². The lowest BCUT2D eigenvalue weighted by Crippen LogP contribution is -2.18. The van der Waals surface area contributed by atoms with E-state index in [0.717, 1.165) is 11.3 Å². The third-order valence-electron chi connectivity index (χ3n) is 2.92. The summed E-state index contributed by atoms with van der Waals surface area (Å²) < 4.78 is 16.0. The second kappa shape index (κ2) is 5.60. The fourth-order valence-corrected chi connectivity index (χ4v) is 1.94. The van der Waals surface area contributed by atoms with Crippen molar-refractivity contribution in [3.8, 4) is 17.2 Å². The molecule has 1 aromatic rings. The van der Waals surface area contributed by atoms with Gasteiger partial charge in [0.05, 0.1) is 32.6 Å². The van der Waals surface area contributed by atoms with Crippen LogP contribution < -0.4 is 19.9 Å². The molecule has 0 aliphatic carbocycles. The van der Waals surface area contributed by atoms with Crippen LogP contribution >= 0.6 is 0 Å². The number of rotatable bonds is 4. The number of hydrogen-bond donors (Lipinski definition) is 1. The highest BCUT2D eigenvalue weighted by atomic mass is 16.5. The molecule has 1 aliphatic rings. The van der Waals surface area contributed by atoms with Gasteiger partial charge in [-0.1, -0.05) is 0 Å². The molecular weight excluding hydrogens is 246 g/mol. The normalized spacial score (nSPS) is 14.5. The molecule has 6 nitrogen and oxygen atoms in total. The summed E-state index contributed by atoms with van der Waals surface area (Å²) in [6.07, 6.45) is 1.38. The predicted octanol–water partition coefficient (Wildman–Crippen LogP) is 1.57. The van der Waals surface area contributed by atoms with E-state index in [1.54, 1.807) is 33.5 Å². The Morgan fingerprint density at radius 1 is 0.947 bits per heavy atom. The first-order chi connectivity index (χ1) is 9.19. The largest absolute Gasteiger partial charge is 0.496 e. The minimum atomic E-state index is 0.537. The van der Waals surface area contributed by atoms with Crippen LogP contribution in [0.3, 0.4) is 0 Å². The van der Waals surface area contributed by atoms with Crippen molar-refractivity contribution in [1.29, 1.82) is 0 Å². The van der Waals surface area contributed by atoms with Gasteiger partial charge in [-0.25, -0.2) is 0 Å². The number of benzene rings is 1. The number of hydrogen-bond acceptors (Lipinski definition) is 6. The molecule has 1 aromatic carbocycles. The lowest BCUT2D eigenvalue weighted by Gasteiger charge is -2.17. The van der Waals surface area contributed by atoms with Crippen LogP contribution in [-0.4, -0.2) is 32.9 Å². The molecule has 6 heteroatoms. The van der Waals surface area contributed by atoms with E-state index in [-0.39, 0.29) is 0 Å². The van der Waals surface area contributed by atoms with Crippen LogP contribution in [0.1, 0.15) is 18.4 Å². The first-order valence-corrected chi connectivity index (χ1v) is 5.88. The third-order valence-corrected chi connectivity index (χ3v) is 2.92. The van der Waals surface area contributed by atoms with Gasteiger partial charge in [-0.15, -0.1) is 5.10 Å². The van der Waals surface area contributed by atoms with Crippen LogP contribution in [-0.2, 0) is 0 Å². The van der Waals surface area contributed by atoms with Gasteiger partial charge >= 0.3 is 0 Å². The second-order valence-electron chi connectivity index (χ2n) is 4.04. The molecule has 2 rings (SSSR count). The van der Waals surface area contributed by atoms with Gasteiger partial charge in [0, 0.05) is 18.6 Å². The van der Waals surface area contributed by atoms with Crippen molar-refractivity contribution in [2.24, 2.45) is 15.9 Å². The maximum atomic E-state index is 5.62. The van der Waals surface area contributed by atoms with Gasteiger partial charge < -0.3 is 19.9 Å². The molecule has 0 aromatic heterocycles. The van der Waals surface area contributed by atoms with E-state index in [1.807, 2.05) is 0 Å². The standard InChI is InChI=1S/C13H17N3O3/c1-17-8-6-10(18-2)13(11(7-8)19-3)9-4-5-12(14)16-15-9/h6-7H,4-5H2,1-3H3,(H2,14,16). The van der Waals surface area contributed by atoms with Crippen LogP contribution in [0, 0.1) is 0 Å². The van der Waals surface area contributed by atoms with Gasteiger partial charge in [0.2, 0.25) is 0 Å². The first-order valence-electron chi connectivity index (χ1n) is 5.88. The summed E-state index contributed by atoms with van der Waals surface area (Å²) in [5, 5.41) is 8.05. The van der Waals surface area contributed by atoms with E-state index in [9.17, 15) is 0 Å². The predicted molar refractivity (Wildman–Crippen MR) is 73.5 cm³/mol. The van der Waals surface area contributed by atoms with Crippen molar-refractivity contribution in [3.05, 3.63) is 17.7 Å². The Labute approximate surface area is 111 Å². The van der Waals surface area contributed by atoms with Gasteiger partial charge in [-0.05, 0) is 6.42 Å². The maximum absolute atomic E-state index is 5.62. The van der Waals surface area contributed by atoms with Gasteiger partial charge in [-0.3, -0.25) is 0 Å². The Morgan fingerprint density at radius 2 is 1.58 bits per heavy atom. The topological polar surface area (TPSA) is 78.4 Å². The molecule has 0 radical (unpaired) electrons. The van der Waals surface area contributed by atoms with Crippen molar-refractivity contribution < 1.29 is 14.2 Å². The summed E-state index contributed by atoms with van der Waals surface area (Å²) in [5.74, 6) is 2.49. The first kappa shape index (κ1) is 13.2. The Morgan fingerprint density at radius 3 is 2.00 bits per heavy atom. The lowest BCUT2D eigenvalue weighted by molar-refractivity contribution is 0.374. The van der Waals surface area contributed by atoms with E-state index in [1.165, 1.54) is 0 Å². The molecule has 0 amide bonds. The fraction of sp³-hybridized carbons (Fsp3) is 0.385. The summed E-state index contributed by atoms with van der Waals surface area (Å²) in [5.41, 5.74) is 7.21. The highest BCUT2D eigenvalue weighted by Crippen LogP contribution is 2.35. The summed E-state index contributed by atoms with van der Waals surface area (Å²) in [7, 11) is 4.79. The Kier molecular flexibility index (Phi) is 3.89. The number of nitrogens with two attached hydrogens (primary N) is 1. The van der Waals surface area contributed by atoms with Gasteiger partial charge in [0.25, 0.3) is 0 Å². The molecule has 2 N–H and O–H groups in total. The van der Waals surface area contributed by atoms with E-state index >= 15 is 0 Å². The molecule has 1 heterocycles. The summed E-state index contributed by atoms with van der Waals surface area (Å²) in [4.78, 5) is 0. The van der Waals surface area contributed by atoms with Crippen LogP contribution in [0.2, 0.25) is 0 Å². The Bertz CT molecular complexity index is 513. The summed E-state index contributed by atoms with van der Waals surface area (Å²) in [6, 6.07) is 3.59. The van der Waals surface area contributed by atoms with Crippen molar-refractivity contribution in [2.75, 3.05) is 21.3 Å². The van der Waals surface area contributed by atoms with Crippen molar-refractivity contribution in [2.45, 2.75) is 12.8 Å². The SMILES string of the molecule is COc1cc(OC)c(C2=NN=C(N)CC2)c(OC)c1. The quantitative estimate of drug-likeness (QED) is 0.894. The molecule has 102 valence electrons. The van der Waals surface area contributed by atoms with Crippen molar-refractivity contribution in [1.82, 2.24) is 0 Å². The van der Waals surface area contributed by atoms with E-state index in [0.29, 0.717) is 35.9 Å². The average Bonchev–Trinajstić information content (AvgIpc) is 2.46. The number of methoxy groups -OCH3 is 3. The molecule has 0 fully saturated rings. The van der Waals surface area contributed by atoms with Crippen LogP contribution in [0.4, 0.5) is 0 Å². The molecule has 1 aliphatic heterocycles. The lowest BCUT2D eigenvalue weighted by atomic mass is 10.0. The highest BCUT2D eigenvalue weighted by Gasteiger charge is 2.20. The maximum Gasteiger partial charge on any atom is 0.135 e. The number of nitrogens with zero attached hydrogens (tertiary/aromatic N) is 2. The van der Waals surface area contributed by atoms with E-state index < -0.39 is 0 Å². The highest BCUT2D eigenvalue weighted by molar-refractivity contribution is 6.08. The third kappa shape index (κ3) is 2.62. The van der Waals surface area contributed by atoms with Crippen LogP contribution in [0.25, 0.3) is 0 Å². The monoisotopic (exact) mass is 263 g/mol. The molecule has 0 saturated carbocycles. The molecule has 19 heavy (non-hydrogen) atoms. The van der Waals surface area contributed by atoms with Crippen molar-refractivity contribution >= 4 is 11.5 Å². The van der Waals surface area contributed by atoms with Gasteiger partial charge in [0.15, 0.2) is 0 Å². The molecule has 0 saturated heterocycles. The Balaban J connectivity index is 2.55. The molecule has 0 unspecified atom stereocenters. The molecule has 0 atom stereocenters. The van der Waals surface area contributed by atoms with Crippen LogP contribution in [0.5, 0.6) is 17.2 Å². The van der Waals surface area contributed by atoms with E-state index in [2.05, 4.69) is 10.2 Å².